The van der Waals surface area contributed by atoms with E-state index < -0.39 is 0 Å². The van der Waals surface area contributed by atoms with E-state index in [1.807, 2.05) is 0 Å². The molecule has 1 fully saturated rings. The van der Waals surface area contributed by atoms with Crippen LogP contribution in [0.1, 0.15) is 29.6 Å². The van der Waals surface area contributed by atoms with Crippen molar-refractivity contribution >= 4 is 30.7 Å². The normalized spacial score (nSPS) is 21.2. The summed E-state index contributed by atoms with van der Waals surface area (Å²) in [5, 5.41) is 0. The van der Waals surface area contributed by atoms with Crippen LogP contribution >= 0.6 is 0 Å². The number of nitrogens with zero attached hydrogens (tertiary/aromatic N) is 3. The number of carbonyl (C=O) groups excluding carboxylic acids is 1. The standard InChI is InChI=1S/C14H15N3O2/c1-15-10-7-9-12(8-11(10)16-2)19-13-5-3-4-6-17(13)14(9)18/h7-8,13H,1-6H2. The van der Waals surface area contributed by atoms with Crippen LogP contribution in [-0.4, -0.2) is 37.0 Å². The first kappa shape index (κ1) is 11.9. The Morgan fingerprint density at radius 3 is 2.68 bits per heavy atom. The van der Waals surface area contributed by atoms with E-state index in [-0.39, 0.29) is 12.1 Å². The summed E-state index contributed by atoms with van der Waals surface area (Å²) < 4.78 is 5.90. The number of ether oxygens (including phenoxy) is 1. The van der Waals surface area contributed by atoms with Gasteiger partial charge in [0.15, 0.2) is 6.23 Å². The molecule has 0 bridgehead atoms. The maximum atomic E-state index is 12.5. The Bertz CT molecular complexity index is 568. The van der Waals surface area contributed by atoms with Crippen molar-refractivity contribution in [3.05, 3.63) is 17.7 Å². The highest BCUT2D eigenvalue weighted by Gasteiger charge is 2.35. The third-order valence-electron chi connectivity index (χ3n) is 3.62. The SMILES string of the molecule is C=Nc1cc2c(cc1N=C)C(=O)N1CCCCC1O2. The molecule has 0 aliphatic carbocycles. The zero-order valence-corrected chi connectivity index (χ0v) is 10.6. The van der Waals surface area contributed by atoms with Crippen LogP contribution < -0.4 is 4.74 Å². The van der Waals surface area contributed by atoms with Gasteiger partial charge >= 0.3 is 0 Å². The molecule has 1 saturated heterocycles. The number of hydrogen-bond acceptors (Lipinski definition) is 4. The molecule has 1 aromatic carbocycles. The highest BCUT2D eigenvalue weighted by Crippen LogP contribution is 2.39. The summed E-state index contributed by atoms with van der Waals surface area (Å²) in [6.07, 6.45) is 2.85. The molecule has 1 amide bonds. The van der Waals surface area contributed by atoms with Gasteiger partial charge < -0.3 is 9.64 Å². The van der Waals surface area contributed by atoms with Crippen molar-refractivity contribution in [3.8, 4) is 5.75 Å². The van der Waals surface area contributed by atoms with Crippen molar-refractivity contribution < 1.29 is 9.53 Å². The molecule has 2 heterocycles. The molecule has 1 unspecified atom stereocenters. The van der Waals surface area contributed by atoms with Crippen LogP contribution in [0.4, 0.5) is 11.4 Å². The lowest BCUT2D eigenvalue weighted by atomic mass is 10.0. The fraction of sp³-hybridized carbons (Fsp3) is 0.357. The van der Waals surface area contributed by atoms with Gasteiger partial charge in [0.05, 0.1) is 16.9 Å². The highest BCUT2D eigenvalue weighted by atomic mass is 16.5. The van der Waals surface area contributed by atoms with Crippen LogP contribution in [0.25, 0.3) is 0 Å². The third kappa shape index (κ3) is 1.82. The van der Waals surface area contributed by atoms with Gasteiger partial charge in [-0.15, -0.1) is 0 Å². The van der Waals surface area contributed by atoms with Crippen LogP contribution in [0.2, 0.25) is 0 Å². The zero-order chi connectivity index (χ0) is 13.4. The quantitative estimate of drug-likeness (QED) is 0.765. The molecule has 0 saturated carbocycles. The van der Waals surface area contributed by atoms with Crippen LogP contribution in [-0.2, 0) is 0 Å². The molecule has 5 heteroatoms. The van der Waals surface area contributed by atoms with Crippen molar-refractivity contribution in [2.24, 2.45) is 9.98 Å². The van der Waals surface area contributed by atoms with E-state index in [0.29, 0.717) is 22.7 Å². The van der Waals surface area contributed by atoms with E-state index in [0.717, 1.165) is 25.8 Å². The molecule has 2 aliphatic heterocycles. The number of aliphatic imine (C=N–C) groups is 2. The largest absolute Gasteiger partial charge is 0.470 e. The number of amides is 1. The first-order chi connectivity index (χ1) is 9.24. The lowest BCUT2D eigenvalue weighted by molar-refractivity contribution is -0.00825. The van der Waals surface area contributed by atoms with Gasteiger partial charge in [0.1, 0.15) is 5.75 Å². The summed E-state index contributed by atoms with van der Waals surface area (Å²) in [5.74, 6) is 0.578. The van der Waals surface area contributed by atoms with E-state index >= 15 is 0 Å². The van der Waals surface area contributed by atoms with Crippen LogP contribution in [0.3, 0.4) is 0 Å². The number of carbonyl (C=O) groups is 1. The minimum atomic E-state index is -0.144. The van der Waals surface area contributed by atoms with E-state index in [4.69, 9.17) is 4.74 Å². The molecule has 3 rings (SSSR count). The highest BCUT2D eigenvalue weighted by molar-refractivity contribution is 6.00. The smallest absolute Gasteiger partial charge is 0.260 e. The first-order valence-electron chi connectivity index (χ1n) is 6.33. The Balaban J connectivity index is 2.09. The zero-order valence-electron chi connectivity index (χ0n) is 10.6. The molecule has 19 heavy (non-hydrogen) atoms. The van der Waals surface area contributed by atoms with Crippen molar-refractivity contribution in [2.45, 2.75) is 25.5 Å². The Morgan fingerprint density at radius 2 is 1.95 bits per heavy atom. The third-order valence-corrected chi connectivity index (χ3v) is 3.62. The van der Waals surface area contributed by atoms with Gasteiger partial charge in [-0.25, -0.2) is 0 Å². The second-order valence-corrected chi connectivity index (χ2v) is 4.72. The van der Waals surface area contributed by atoms with E-state index in [1.54, 1.807) is 17.0 Å². The van der Waals surface area contributed by atoms with Crippen LogP contribution in [0.5, 0.6) is 5.75 Å². The summed E-state index contributed by atoms with van der Waals surface area (Å²) in [6, 6.07) is 3.40. The van der Waals surface area contributed by atoms with E-state index in [9.17, 15) is 4.79 Å². The molecule has 5 nitrogen and oxygen atoms in total. The van der Waals surface area contributed by atoms with Crippen molar-refractivity contribution in [3.63, 3.8) is 0 Å². The Kier molecular flexibility index (Phi) is 2.81. The van der Waals surface area contributed by atoms with Crippen molar-refractivity contribution in [2.75, 3.05) is 6.54 Å². The first-order valence-corrected chi connectivity index (χ1v) is 6.33. The summed E-state index contributed by atoms with van der Waals surface area (Å²) >= 11 is 0. The molecular formula is C14H15N3O2. The number of piperidine rings is 1. The van der Waals surface area contributed by atoms with Gasteiger partial charge in [-0.1, -0.05) is 0 Å². The molecule has 2 aliphatic rings. The molecule has 1 atom stereocenters. The fourth-order valence-corrected chi connectivity index (χ4v) is 2.63. The molecule has 98 valence electrons. The molecule has 0 N–H and O–H groups in total. The number of benzene rings is 1. The second-order valence-electron chi connectivity index (χ2n) is 4.72. The number of hydrogen-bond donors (Lipinski definition) is 0. The van der Waals surface area contributed by atoms with Crippen LogP contribution in [0.15, 0.2) is 22.1 Å². The van der Waals surface area contributed by atoms with Crippen molar-refractivity contribution in [1.82, 2.24) is 4.90 Å². The molecule has 0 aromatic heterocycles. The fourth-order valence-electron chi connectivity index (χ4n) is 2.63. The predicted octanol–water partition coefficient (Wildman–Crippen LogP) is 2.70. The van der Waals surface area contributed by atoms with Gasteiger partial charge in [0, 0.05) is 19.0 Å². The Morgan fingerprint density at radius 1 is 1.21 bits per heavy atom. The van der Waals surface area contributed by atoms with Gasteiger partial charge in [0.25, 0.3) is 5.91 Å². The van der Waals surface area contributed by atoms with E-state index in [1.165, 1.54) is 0 Å². The number of fused-ring (bicyclic) bond motifs is 2. The summed E-state index contributed by atoms with van der Waals surface area (Å²) in [5.41, 5.74) is 1.68. The average molecular weight is 257 g/mol. The van der Waals surface area contributed by atoms with Gasteiger partial charge in [0.2, 0.25) is 0 Å². The second kappa shape index (κ2) is 4.50. The minimum absolute atomic E-state index is 0.00598. The average Bonchev–Trinajstić information content (AvgIpc) is 2.46. The summed E-state index contributed by atoms with van der Waals surface area (Å²) in [7, 11) is 0. The maximum Gasteiger partial charge on any atom is 0.260 e. The van der Waals surface area contributed by atoms with Crippen molar-refractivity contribution in [1.29, 1.82) is 0 Å². The molecule has 1 aromatic rings. The van der Waals surface area contributed by atoms with Gasteiger partial charge in [-0.2, -0.15) is 0 Å². The minimum Gasteiger partial charge on any atom is -0.470 e. The topological polar surface area (TPSA) is 54.3 Å². The maximum absolute atomic E-state index is 12.5. The molecule has 0 radical (unpaired) electrons. The monoisotopic (exact) mass is 257 g/mol. The van der Waals surface area contributed by atoms with Gasteiger partial charge in [-0.3, -0.25) is 14.8 Å². The van der Waals surface area contributed by atoms with Gasteiger partial charge in [-0.05, 0) is 32.3 Å². The summed E-state index contributed by atoms with van der Waals surface area (Å²) in [6.45, 7) is 7.74. The van der Waals surface area contributed by atoms with E-state index in [2.05, 4.69) is 23.4 Å². The Hall–Kier alpha value is -2.17. The predicted molar refractivity (Wildman–Crippen MR) is 74.2 cm³/mol. The van der Waals surface area contributed by atoms with Crippen LogP contribution in [0, 0.1) is 0 Å². The molecular weight excluding hydrogens is 242 g/mol. The Labute approximate surface area is 111 Å². The number of rotatable bonds is 2. The lowest BCUT2D eigenvalue weighted by Gasteiger charge is -2.39. The summed E-state index contributed by atoms with van der Waals surface area (Å²) in [4.78, 5) is 22.0. The lowest BCUT2D eigenvalue weighted by Crippen LogP contribution is -2.49. The molecule has 0 spiro atoms.